The van der Waals surface area contributed by atoms with Gasteiger partial charge < -0.3 is 10.1 Å². The van der Waals surface area contributed by atoms with Crippen molar-refractivity contribution in [2.24, 2.45) is 0 Å². The minimum atomic E-state index is -4.27. The predicted molar refractivity (Wildman–Crippen MR) is 64.5 cm³/mol. The van der Waals surface area contributed by atoms with Crippen molar-refractivity contribution in [2.75, 3.05) is 13.7 Å². The molecule has 0 amide bonds. The van der Waals surface area contributed by atoms with E-state index in [0.29, 0.717) is 5.56 Å². The number of methoxy groups -OCH3 is 1. The van der Waals surface area contributed by atoms with Crippen LogP contribution in [0.25, 0.3) is 0 Å². The van der Waals surface area contributed by atoms with Crippen LogP contribution in [0.3, 0.4) is 0 Å². The van der Waals surface area contributed by atoms with E-state index in [0.717, 1.165) is 0 Å². The van der Waals surface area contributed by atoms with Gasteiger partial charge in [0.1, 0.15) is 0 Å². The second kappa shape index (κ2) is 7.13. The molecule has 0 bridgehead atoms. The number of esters is 1. The molecule has 0 fully saturated rings. The molecule has 1 unspecified atom stereocenters. The van der Waals surface area contributed by atoms with Gasteiger partial charge in [-0.1, -0.05) is 30.3 Å². The van der Waals surface area contributed by atoms with Crippen LogP contribution in [0.15, 0.2) is 30.3 Å². The molecule has 0 saturated carbocycles. The van der Waals surface area contributed by atoms with Gasteiger partial charge in [0, 0.05) is 12.6 Å². The van der Waals surface area contributed by atoms with Gasteiger partial charge in [0.2, 0.25) is 0 Å². The van der Waals surface area contributed by atoms with Crippen LogP contribution in [0.1, 0.15) is 24.4 Å². The van der Waals surface area contributed by atoms with Crippen LogP contribution in [0.4, 0.5) is 13.2 Å². The summed E-state index contributed by atoms with van der Waals surface area (Å²) in [5.41, 5.74) is 0.546. The molecule has 0 aliphatic heterocycles. The molecule has 3 nitrogen and oxygen atoms in total. The van der Waals surface area contributed by atoms with E-state index in [1.807, 2.05) is 0 Å². The average Bonchev–Trinajstić information content (AvgIpc) is 2.37. The maximum Gasteiger partial charge on any atom is 0.390 e. The lowest BCUT2D eigenvalue weighted by atomic mass is 10.0. The van der Waals surface area contributed by atoms with Crippen LogP contribution in [-0.4, -0.2) is 25.8 Å². The third-order valence-electron chi connectivity index (χ3n) is 2.59. The number of alkyl halides is 3. The van der Waals surface area contributed by atoms with Crippen LogP contribution in [0.5, 0.6) is 0 Å². The quantitative estimate of drug-likeness (QED) is 0.811. The molecule has 1 atom stereocenters. The average molecular weight is 275 g/mol. The number of carbonyl (C=O) groups excluding carboxylic acids is 1. The van der Waals surface area contributed by atoms with Gasteiger partial charge in [-0.2, -0.15) is 13.2 Å². The summed E-state index contributed by atoms with van der Waals surface area (Å²) in [5.74, 6) is -0.452. The fourth-order valence-electron chi connectivity index (χ4n) is 1.68. The van der Waals surface area contributed by atoms with Crippen LogP contribution < -0.4 is 5.32 Å². The second-order valence-corrected chi connectivity index (χ2v) is 4.06. The number of rotatable bonds is 6. The van der Waals surface area contributed by atoms with Crippen molar-refractivity contribution < 1.29 is 22.7 Å². The highest BCUT2D eigenvalue weighted by atomic mass is 19.4. The third-order valence-corrected chi connectivity index (χ3v) is 2.59. The number of nitrogens with one attached hydrogen (secondary N) is 1. The molecular weight excluding hydrogens is 259 g/mol. The molecule has 0 aliphatic rings. The third kappa shape index (κ3) is 6.24. The Balaban J connectivity index is 2.63. The lowest BCUT2D eigenvalue weighted by molar-refractivity contribution is -0.141. The smallest absolute Gasteiger partial charge is 0.390 e. The highest BCUT2D eigenvalue weighted by Crippen LogP contribution is 2.29. The number of halogens is 3. The zero-order chi connectivity index (χ0) is 14.3. The first kappa shape index (κ1) is 15.5. The van der Waals surface area contributed by atoms with E-state index < -0.39 is 24.6 Å². The van der Waals surface area contributed by atoms with Crippen LogP contribution in [-0.2, 0) is 9.53 Å². The predicted octanol–water partition coefficient (Wildman–Crippen LogP) is 2.83. The topological polar surface area (TPSA) is 38.3 Å². The SMILES string of the molecule is COC(=O)CCNC(CC(F)(F)F)c1ccccc1. The highest BCUT2D eigenvalue weighted by molar-refractivity contribution is 5.69. The van der Waals surface area contributed by atoms with Gasteiger partial charge in [-0.3, -0.25) is 4.79 Å². The second-order valence-electron chi connectivity index (χ2n) is 4.06. The molecule has 0 aliphatic carbocycles. The lowest BCUT2D eigenvalue weighted by Crippen LogP contribution is -2.28. The first-order valence-electron chi connectivity index (χ1n) is 5.84. The summed E-state index contributed by atoms with van der Waals surface area (Å²) >= 11 is 0. The van der Waals surface area contributed by atoms with Crippen molar-refractivity contribution in [3.63, 3.8) is 0 Å². The van der Waals surface area contributed by atoms with E-state index in [1.54, 1.807) is 30.3 Å². The lowest BCUT2D eigenvalue weighted by Gasteiger charge is -2.20. The minimum absolute atomic E-state index is 0.0394. The number of hydrogen-bond donors (Lipinski definition) is 1. The molecule has 0 heterocycles. The van der Waals surface area contributed by atoms with Crippen LogP contribution >= 0.6 is 0 Å². The molecule has 0 saturated heterocycles. The summed E-state index contributed by atoms with van der Waals surface area (Å²) < 4.78 is 42.0. The molecule has 0 spiro atoms. The summed E-state index contributed by atoms with van der Waals surface area (Å²) in [5, 5.41) is 2.74. The van der Waals surface area contributed by atoms with Crippen LogP contribution in [0.2, 0.25) is 0 Å². The van der Waals surface area contributed by atoms with Crippen LogP contribution in [0, 0.1) is 0 Å². The van der Waals surface area contributed by atoms with E-state index in [2.05, 4.69) is 10.1 Å². The summed E-state index contributed by atoms with van der Waals surface area (Å²) in [7, 11) is 1.24. The molecule has 6 heteroatoms. The molecule has 1 rings (SSSR count). The number of ether oxygens (including phenoxy) is 1. The number of carbonyl (C=O) groups is 1. The Labute approximate surface area is 109 Å². The van der Waals surface area contributed by atoms with Gasteiger partial charge in [-0.25, -0.2) is 0 Å². The fourth-order valence-corrected chi connectivity index (χ4v) is 1.68. The van der Waals surface area contributed by atoms with Crippen molar-refractivity contribution in [2.45, 2.75) is 25.1 Å². The zero-order valence-corrected chi connectivity index (χ0v) is 10.5. The van der Waals surface area contributed by atoms with Crippen molar-refractivity contribution >= 4 is 5.97 Å². The normalized spacial score (nSPS) is 13.1. The molecule has 1 aromatic rings. The highest BCUT2D eigenvalue weighted by Gasteiger charge is 2.32. The number of benzene rings is 1. The Morgan fingerprint density at radius 1 is 1.32 bits per heavy atom. The van der Waals surface area contributed by atoms with E-state index in [9.17, 15) is 18.0 Å². The molecular formula is C13H16F3NO2. The van der Waals surface area contributed by atoms with Gasteiger partial charge in [-0.15, -0.1) is 0 Å². The summed E-state index contributed by atoms with van der Waals surface area (Å²) in [6.45, 7) is 0.141. The van der Waals surface area contributed by atoms with Crippen molar-refractivity contribution in [3.8, 4) is 0 Å². The largest absolute Gasteiger partial charge is 0.469 e. The fraction of sp³-hybridized carbons (Fsp3) is 0.462. The molecule has 19 heavy (non-hydrogen) atoms. The monoisotopic (exact) mass is 275 g/mol. The summed E-state index contributed by atoms with van der Waals surface area (Å²) in [6.07, 6.45) is -5.20. The van der Waals surface area contributed by atoms with Crippen molar-refractivity contribution in [3.05, 3.63) is 35.9 Å². The Bertz CT molecular complexity index is 393. The van der Waals surface area contributed by atoms with E-state index in [4.69, 9.17) is 0 Å². The summed E-state index contributed by atoms with van der Waals surface area (Å²) in [6, 6.07) is 7.50. The van der Waals surface area contributed by atoms with Gasteiger partial charge >= 0.3 is 12.1 Å². The van der Waals surface area contributed by atoms with Gasteiger partial charge in [0.15, 0.2) is 0 Å². The Kier molecular flexibility index (Phi) is 5.82. The Morgan fingerprint density at radius 3 is 2.47 bits per heavy atom. The van der Waals surface area contributed by atoms with Gasteiger partial charge in [0.25, 0.3) is 0 Å². The first-order valence-corrected chi connectivity index (χ1v) is 5.84. The standard InChI is InChI=1S/C13H16F3NO2/c1-19-12(18)7-8-17-11(9-13(14,15)16)10-5-3-2-4-6-10/h2-6,11,17H,7-9H2,1H3. The molecule has 1 aromatic carbocycles. The van der Waals surface area contributed by atoms with Gasteiger partial charge in [-0.05, 0) is 5.56 Å². The maximum atomic E-state index is 12.5. The van der Waals surface area contributed by atoms with Crippen molar-refractivity contribution in [1.29, 1.82) is 0 Å². The number of hydrogen-bond acceptors (Lipinski definition) is 3. The molecule has 1 N–H and O–H groups in total. The van der Waals surface area contributed by atoms with Crippen molar-refractivity contribution in [1.82, 2.24) is 5.32 Å². The molecule has 0 radical (unpaired) electrons. The zero-order valence-electron chi connectivity index (χ0n) is 10.5. The first-order chi connectivity index (χ1) is 8.92. The maximum absolute atomic E-state index is 12.5. The minimum Gasteiger partial charge on any atom is -0.469 e. The van der Waals surface area contributed by atoms with E-state index >= 15 is 0 Å². The molecule has 106 valence electrons. The molecule has 0 aromatic heterocycles. The van der Waals surface area contributed by atoms with E-state index in [1.165, 1.54) is 7.11 Å². The Morgan fingerprint density at radius 2 is 1.95 bits per heavy atom. The van der Waals surface area contributed by atoms with Gasteiger partial charge in [0.05, 0.1) is 20.0 Å². The van der Waals surface area contributed by atoms with E-state index in [-0.39, 0.29) is 13.0 Å². The Hall–Kier alpha value is -1.56. The summed E-state index contributed by atoms with van der Waals surface area (Å²) in [4.78, 5) is 10.9.